The molecular formula is C26H31N3O4. The summed E-state index contributed by atoms with van der Waals surface area (Å²) in [7, 11) is 1.54. The molecule has 1 fully saturated rings. The molecule has 0 aliphatic carbocycles. The molecule has 3 aliphatic heterocycles. The van der Waals surface area contributed by atoms with Crippen molar-refractivity contribution in [3.8, 4) is 17.2 Å². The number of hydrogen-bond acceptors (Lipinski definition) is 7. The molecule has 1 saturated heterocycles. The first-order valence-electron chi connectivity index (χ1n) is 11.6. The van der Waals surface area contributed by atoms with E-state index in [1.165, 1.54) is 18.2 Å². The molecule has 33 heavy (non-hydrogen) atoms. The van der Waals surface area contributed by atoms with E-state index in [1.807, 2.05) is 6.07 Å². The van der Waals surface area contributed by atoms with E-state index < -0.39 is 0 Å². The van der Waals surface area contributed by atoms with E-state index in [9.17, 15) is 5.11 Å². The van der Waals surface area contributed by atoms with Crippen molar-refractivity contribution >= 4 is 11.8 Å². The van der Waals surface area contributed by atoms with Crippen molar-refractivity contribution in [2.45, 2.75) is 13.0 Å². The molecule has 174 valence electrons. The third kappa shape index (κ3) is 4.70. The number of fused-ring (bicyclic) bond motifs is 3. The third-order valence-electron chi connectivity index (χ3n) is 6.65. The molecule has 7 nitrogen and oxygen atoms in total. The van der Waals surface area contributed by atoms with Gasteiger partial charge in [-0.1, -0.05) is 47.1 Å². The van der Waals surface area contributed by atoms with E-state index >= 15 is 0 Å². The molecule has 1 N–H and O–H groups in total. The molecule has 2 aromatic rings. The SMILES string of the molecule is COc1cc2c(cc1O)OCC1C2=NOC1CN1CCN(C/C(C)=C/c2ccccc2)CC1. The molecule has 0 amide bonds. The van der Waals surface area contributed by atoms with Crippen molar-refractivity contribution in [2.75, 3.05) is 53.0 Å². The number of aromatic hydroxyl groups is 1. The first-order valence-corrected chi connectivity index (χ1v) is 11.6. The van der Waals surface area contributed by atoms with Gasteiger partial charge in [-0.15, -0.1) is 0 Å². The second-order valence-electron chi connectivity index (χ2n) is 9.04. The predicted octanol–water partition coefficient (Wildman–Crippen LogP) is 3.23. The number of piperazine rings is 1. The van der Waals surface area contributed by atoms with E-state index in [1.54, 1.807) is 12.1 Å². The van der Waals surface area contributed by atoms with Crippen molar-refractivity contribution in [1.82, 2.24) is 9.80 Å². The smallest absolute Gasteiger partial charge is 0.161 e. The van der Waals surface area contributed by atoms with Crippen LogP contribution in [0.3, 0.4) is 0 Å². The average molecular weight is 450 g/mol. The molecule has 2 unspecified atom stereocenters. The highest BCUT2D eigenvalue weighted by Crippen LogP contribution is 2.40. The summed E-state index contributed by atoms with van der Waals surface area (Å²) in [4.78, 5) is 10.8. The second-order valence-corrected chi connectivity index (χ2v) is 9.04. The van der Waals surface area contributed by atoms with Crippen LogP contribution in [0.2, 0.25) is 0 Å². The van der Waals surface area contributed by atoms with Gasteiger partial charge < -0.3 is 19.4 Å². The van der Waals surface area contributed by atoms with Crippen molar-refractivity contribution in [3.05, 3.63) is 59.2 Å². The zero-order valence-corrected chi connectivity index (χ0v) is 19.2. The van der Waals surface area contributed by atoms with Crippen molar-refractivity contribution in [1.29, 1.82) is 0 Å². The Morgan fingerprint density at radius 1 is 1.15 bits per heavy atom. The molecule has 0 bridgehead atoms. The summed E-state index contributed by atoms with van der Waals surface area (Å²) in [6.45, 7) is 8.66. The van der Waals surface area contributed by atoms with Crippen LogP contribution in [-0.2, 0) is 4.84 Å². The van der Waals surface area contributed by atoms with E-state index in [0.717, 1.165) is 50.5 Å². The summed E-state index contributed by atoms with van der Waals surface area (Å²) < 4.78 is 11.2. The average Bonchev–Trinajstić information content (AvgIpc) is 3.23. The Kier molecular flexibility index (Phi) is 6.24. The van der Waals surface area contributed by atoms with E-state index in [0.29, 0.717) is 18.1 Å². The molecule has 0 aromatic heterocycles. The summed E-state index contributed by atoms with van der Waals surface area (Å²) in [6.07, 6.45) is 2.24. The predicted molar refractivity (Wildman–Crippen MR) is 128 cm³/mol. The Morgan fingerprint density at radius 3 is 2.67 bits per heavy atom. The fourth-order valence-corrected chi connectivity index (χ4v) is 4.87. The van der Waals surface area contributed by atoms with Gasteiger partial charge in [-0.05, 0) is 18.6 Å². The van der Waals surface area contributed by atoms with Crippen LogP contribution >= 0.6 is 0 Å². The van der Waals surface area contributed by atoms with Gasteiger partial charge in [-0.25, -0.2) is 0 Å². The van der Waals surface area contributed by atoms with Crippen LogP contribution in [0.25, 0.3) is 6.08 Å². The summed E-state index contributed by atoms with van der Waals surface area (Å²) >= 11 is 0. The molecular weight excluding hydrogens is 418 g/mol. The van der Waals surface area contributed by atoms with Gasteiger partial charge in [0.05, 0.1) is 13.0 Å². The molecule has 7 heteroatoms. The molecule has 3 aliphatic rings. The molecule has 2 aromatic carbocycles. The highest BCUT2D eigenvalue weighted by atomic mass is 16.6. The number of nitrogens with zero attached hydrogens (tertiary/aromatic N) is 3. The van der Waals surface area contributed by atoms with Gasteiger partial charge in [0.2, 0.25) is 0 Å². The third-order valence-corrected chi connectivity index (χ3v) is 6.65. The van der Waals surface area contributed by atoms with Gasteiger partial charge in [0.15, 0.2) is 17.6 Å². The van der Waals surface area contributed by atoms with Crippen LogP contribution in [0.5, 0.6) is 17.2 Å². The first kappa shape index (κ1) is 21.8. The Morgan fingerprint density at radius 2 is 1.91 bits per heavy atom. The lowest BCUT2D eigenvalue weighted by molar-refractivity contribution is 0.0101. The van der Waals surface area contributed by atoms with Gasteiger partial charge in [0.1, 0.15) is 18.1 Å². The van der Waals surface area contributed by atoms with Crippen molar-refractivity contribution in [3.63, 3.8) is 0 Å². The summed E-state index contributed by atoms with van der Waals surface area (Å²) in [5, 5.41) is 14.4. The van der Waals surface area contributed by atoms with Crippen LogP contribution < -0.4 is 9.47 Å². The van der Waals surface area contributed by atoms with Crippen LogP contribution in [-0.4, -0.2) is 79.7 Å². The Labute approximate surface area is 194 Å². The lowest BCUT2D eigenvalue weighted by Gasteiger charge is -2.36. The number of oxime groups is 1. The number of phenols is 1. The van der Waals surface area contributed by atoms with E-state index in [2.05, 4.69) is 52.2 Å². The minimum Gasteiger partial charge on any atom is -0.504 e. The molecule has 3 heterocycles. The number of hydrogen-bond donors (Lipinski definition) is 1. The highest BCUT2D eigenvalue weighted by Gasteiger charge is 2.41. The van der Waals surface area contributed by atoms with Crippen molar-refractivity contribution in [2.24, 2.45) is 11.1 Å². The van der Waals surface area contributed by atoms with E-state index in [-0.39, 0.29) is 17.8 Å². The van der Waals surface area contributed by atoms with Gasteiger partial charge in [-0.2, -0.15) is 0 Å². The largest absolute Gasteiger partial charge is 0.504 e. The summed E-state index contributed by atoms with van der Waals surface area (Å²) in [5.74, 6) is 1.19. The van der Waals surface area contributed by atoms with Crippen molar-refractivity contribution < 1.29 is 19.4 Å². The zero-order valence-electron chi connectivity index (χ0n) is 19.2. The normalized spacial score (nSPS) is 23.2. The number of methoxy groups -OCH3 is 1. The van der Waals surface area contributed by atoms with Gasteiger partial charge in [0, 0.05) is 50.9 Å². The molecule has 0 saturated carbocycles. The highest BCUT2D eigenvalue weighted by molar-refractivity contribution is 6.06. The standard InChI is InChI=1S/C26H31N3O4/c1-18(12-19-6-4-3-5-7-19)15-28-8-10-29(11-9-28)16-25-21-17-32-23-14-22(30)24(31-2)13-20(23)26(21)27-33-25/h3-7,12-14,21,25,30H,8-11,15-17H2,1-2H3/b18-12+. The van der Waals surface area contributed by atoms with Crippen LogP contribution in [0.4, 0.5) is 0 Å². The fraction of sp³-hybridized carbons (Fsp3) is 0.423. The maximum absolute atomic E-state index is 10.0. The van der Waals surface area contributed by atoms with E-state index in [4.69, 9.17) is 14.3 Å². The first-order chi connectivity index (χ1) is 16.1. The number of ether oxygens (including phenoxy) is 2. The summed E-state index contributed by atoms with van der Waals surface area (Å²) in [6, 6.07) is 13.9. The fourth-order valence-electron chi connectivity index (χ4n) is 4.87. The molecule has 2 atom stereocenters. The number of benzene rings is 2. The Hall–Kier alpha value is -3.03. The maximum Gasteiger partial charge on any atom is 0.161 e. The second kappa shape index (κ2) is 9.45. The quantitative estimate of drug-likeness (QED) is 0.731. The molecule has 0 radical (unpaired) electrons. The molecule has 0 spiro atoms. The Balaban J connectivity index is 1.15. The van der Waals surface area contributed by atoms with Gasteiger partial charge in [0.25, 0.3) is 0 Å². The molecule has 5 rings (SSSR count). The minimum atomic E-state index is -0.0285. The lowest BCUT2D eigenvalue weighted by atomic mass is 9.90. The monoisotopic (exact) mass is 449 g/mol. The van der Waals surface area contributed by atoms with Crippen LogP contribution in [0, 0.1) is 5.92 Å². The van der Waals surface area contributed by atoms with Crippen LogP contribution in [0.15, 0.2) is 53.2 Å². The number of phenolic OH excluding ortho intramolecular Hbond substituents is 1. The maximum atomic E-state index is 10.0. The zero-order chi connectivity index (χ0) is 22.8. The van der Waals surface area contributed by atoms with Gasteiger partial charge >= 0.3 is 0 Å². The topological polar surface area (TPSA) is 66.8 Å². The minimum absolute atomic E-state index is 0.0285. The summed E-state index contributed by atoms with van der Waals surface area (Å²) in [5.41, 5.74) is 4.37. The number of rotatable bonds is 6. The Bertz CT molecular complexity index is 1050. The van der Waals surface area contributed by atoms with Gasteiger partial charge in [-0.3, -0.25) is 9.80 Å². The lowest BCUT2D eigenvalue weighted by Crippen LogP contribution is -2.50. The van der Waals surface area contributed by atoms with Crippen LogP contribution in [0.1, 0.15) is 18.1 Å².